The largest absolute Gasteiger partial charge is 0.477 e. The van der Waals surface area contributed by atoms with E-state index in [0.29, 0.717) is 38.2 Å². The zero-order chi connectivity index (χ0) is 18.2. The number of sulfone groups is 1. The Bertz CT molecular complexity index is 1000. The van der Waals surface area contributed by atoms with Gasteiger partial charge in [-0.1, -0.05) is 29.3 Å². The molecule has 0 spiro atoms. The Balaban J connectivity index is 2.04. The number of benzene rings is 2. The molecule has 0 saturated heterocycles. The fourth-order valence-corrected chi connectivity index (χ4v) is 3.09. The van der Waals surface area contributed by atoms with Crippen molar-refractivity contribution >= 4 is 56.3 Å². The van der Waals surface area contributed by atoms with Crippen LogP contribution >= 0.6 is 23.2 Å². The average molecular weight is 398 g/mol. The molecule has 2 aromatic rings. The maximum Gasteiger partial charge on any atom is 0.256 e. The lowest BCUT2D eigenvalue weighted by Gasteiger charge is -2.09. The summed E-state index contributed by atoms with van der Waals surface area (Å²) in [4.78, 5) is 12.3. The van der Waals surface area contributed by atoms with Crippen molar-refractivity contribution in [3.05, 3.63) is 57.6 Å². The number of hydrogen-bond donors (Lipinski definition) is 1. The van der Waals surface area contributed by atoms with Crippen LogP contribution in [-0.4, -0.2) is 26.5 Å². The van der Waals surface area contributed by atoms with Crippen molar-refractivity contribution in [1.82, 2.24) is 0 Å². The van der Waals surface area contributed by atoms with Crippen LogP contribution in [0.1, 0.15) is 11.1 Å². The molecular weight excluding hydrogens is 385 g/mol. The number of amides is 1. The van der Waals surface area contributed by atoms with Gasteiger partial charge in [0.2, 0.25) is 0 Å². The zero-order valence-electron chi connectivity index (χ0n) is 13.0. The van der Waals surface area contributed by atoms with Crippen molar-refractivity contribution in [3.8, 4) is 5.75 Å². The summed E-state index contributed by atoms with van der Waals surface area (Å²) >= 11 is 12.0. The predicted octanol–water partition coefficient (Wildman–Crippen LogP) is 3.87. The van der Waals surface area contributed by atoms with Gasteiger partial charge in [0.15, 0.2) is 15.8 Å². The minimum atomic E-state index is -3.31. The molecule has 0 radical (unpaired) electrons. The van der Waals surface area contributed by atoms with Crippen LogP contribution < -0.4 is 10.1 Å². The van der Waals surface area contributed by atoms with Crippen LogP contribution in [0.4, 0.5) is 5.69 Å². The first kappa shape index (κ1) is 17.8. The quantitative estimate of drug-likeness (QED) is 0.794. The third-order valence-corrected chi connectivity index (χ3v) is 4.48. The topological polar surface area (TPSA) is 72.5 Å². The highest BCUT2D eigenvalue weighted by atomic mass is 35.5. The van der Waals surface area contributed by atoms with Crippen molar-refractivity contribution in [2.24, 2.45) is 0 Å². The molecule has 3 rings (SSSR count). The van der Waals surface area contributed by atoms with Gasteiger partial charge in [-0.05, 0) is 36.4 Å². The minimum absolute atomic E-state index is 0.286. The number of anilines is 1. The van der Waals surface area contributed by atoms with Gasteiger partial charge < -0.3 is 10.1 Å². The summed E-state index contributed by atoms with van der Waals surface area (Å²) < 4.78 is 28.0. The number of rotatable bonds is 4. The number of hydrogen-bond acceptors (Lipinski definition) is 4. The third kappa shape index (κ3) is 4.15. The molecule has 1 amide bonds. The fraction of sp³-hybridized carbons (Fsp3) is 0.118. The number of ether oxygens (including phenoxy) is 1. The third-order valence-electron chi connectivity index (χ3n) is 3.46. The summed E-state index contributed by atoms with van der Waals surface area (Å²) in [5.74, 6) is -0.438. The Morgan fingerprint density at radius 2 is 1.80 bits per heavy atom. The van der Waals surface area contributed by atoms with Crippen molar-refractivity contribution in [1.29, 1.82) is 0 Å². The van der Waals surface area contributed by atoms with E-state index in [1.165, 1.54) is 0 Å². The lowest BCUT2D eigenvalue weighted by atomic mass is 10.0. The van der Waals surface area contributed by atoms with E-state index in [9.17, 15) is 13.2 Å². The average Bonchev–Trinajstić information content (AvgIpc) is 2.80. The lowest BCUT2D eigenvalue weighted by Crippen LogP contribution is -2.10. The number of halogens is 2. The molecule has 1 N–H and O–H groups in total. The molecule has 25 heavy (non-hydrogen) atoms. The highest BCUT2D eigenvalue weighted by Crippen LogP contribution is 2.36. The molecule has 8 heteroatoms. The van der Waals surface area contributed by atoms with Crippen molar-refractivity contribution < 1.29 is 17.9 Å². The summed E-state index contributed by atoms with van der Waals surface area (Å²) in [6.45, 7) is 0. The van der Waals surface area contributed by atoms with Crippen LogP contribution in [0.5, 0.6) is 5.75 Å². The van der Waals surface area contributed by atoms with Crippen molar-refractivity contribution in [2.75, 3.05) is 17.5 Å². The van der Waals surface area contributed by atoms with E-state index < -0.39 is 15.8 Å². The van der Waals surface area contributed by atoms with Crippen LogP contribution in [0.2, 0.25) is 10.0 Å². The van der Waals surface area contributed by atoms with E-state index in [1.807, 2.05) is 0 Å². The number of carbonyl (C=O) groups is 1. The van der Waals surface area contributed by atoms with E-state index in [-0.39, 0.29) is 5.91 Å². The summed E-state index contributed by atoms with van der Waals surface area (Å²) in [6.07, 6.45) is 2.68. The van der Waals surface area contributed by atoms with Gasteiger partial charge in [-0.15, -0.1) is 0 Å². The van der Waals surface area contributed by atoms with Gasteiger partial charge in [0.05, 0.1) is 5.69 Å². The lowest BCUT2D eigenvalue weighted by molar-refractivity contribution is -0.110. The van der Waals surface area contributed by atoms with Crippen LogP contribution in [0, 0.1) is 0 Å². The highest BCUT2D eigenvalue weighted by Gasteiger charge is 2.24. The van der Waals surface area contributed by atoms with Gasteiger partial charge in [-0.2, -0.15) is 0 Å². The molecule has 0 unspecified atom stereocenters. The Morgan fingerprint density at radius 3 is 2.52 bits per heavy atom. The Hall–Kier alpha value is -2.02. The smallest absolute Gasteiger partial charge is 0.256 e. The highest BCUT2D eigenvalue weighted by molar-refractivity contribution is 7.90. The Kier molecular flexibility index (Phi) is 4.77. The van der Waals surface area contributed by atoms with E-state index >= 15 is 0 Å². The summed E-state index contributed by atoms with van der Waals surface area (Å²) in [6, 6.07) is 9.84. The second-order valence-electron chi connectivity index (χ2n) is 5.57. The minimum Gasteiger partial charge on any atom is -0.477 e. The van der Waals surface area contributed by atoms with Gasteiger partial charge in [0, 0.05) is 33.0 Å². The maximum atomic E-state index is 12.3. The molecule has 1 aliphatic heterocycles. The van der Waals surface area contributed by atoms with Crippen LogP contribution in [0.25, 0.3) is 11.6 Å². The van der Waals surface area contributed by atoms with Crippen LogP contribution in [0.15, 0.2) is 36.4 Å². The molecule has 0 bridgehead atoms. The normalized spacial score (nSPS) is 15.2. The molecule has 1 aliphatic rings. The number of carbonyl (C=O) groups excluding carboxylic acids is 1. The summed E-state index contributed by atoms with van der Waals surface area (Å²) in [7, 11) is -3.31. The molecule has 2 aromatic carbocycles. The van der Waals surface area contributed by atoms with Gasteiger partial charge >= 0.3 is 0 Å². The first-order valence-corrected chi connectivity index (χ1v) is 9.98. The van der Waals surface area contributed by atoms with E-state index in [1.54, 1.807) is 42.5 Å². The van der Waals surface area contributed by atoms with Gasteiger partial charge in [-0.3, -0.25) is 4.79 Å². The molecule has 130 valence electrons. The monoisotopic (exact) mass is 397 g/mol. The SMILES string of the molecule is CS(=O)(=O)COc1ccc(Cl)cc1/C=C1/C(=O)Nc2cc(Cl)ccc21. The molecule has 0 aromatic heterocycles. The molecule has 0 saturated carbocycles. The van der Waals surface area contributed by atoms with Crippen LogP contribution in [0.3, 0.4) is 0 Å². The fourth-order valence-electron chi connectivity index (χ4n) is 2.40. The van der Waals surface area contributed by atoms with Gasteiger partial charge in [0.25, 0.3) is 5.91 Å². The summed E-state index contributed by atoms with van der Waals surface area (Å²) in [5, 5.41) is 3.69. The second-order valence-corrected chi connectivity index (χ2v) is 8.53. The molecule has 0 aliphatic carbocycles. The van der Waals surface area contributed by atoms with Crippen LogP contribution in [-0.2, 0) is 14.6 Å². The van der Waals surface area contributed by atoms with Crippen molar-refractivity contribution in [2.45, 2.75) is 0 Å². The Labute approximate surface area is 155 Å². The molecule has 1 heterocycles. The number of fused-ring (bicyclic) bond motifs is 1. The molecule has 5 nitrogen and oxygen atoms in total. The van der Waals surface area contributed by atoms with Gasteiger partial charge in [-0.25, -0.2) is 8.42 Å². The first-order valence-electron chi connectivity index (χ1n) is 7.16. The number of nitrogens with one attached hydrogen (secondary N) is 1. The molecule has 0 fully saturated rings. The second kappa shape index (κ2) is 6.71. The first-order chi connectivity index (χ1) is 11.7. The molecular formula is C17H13Cl2NO4S. The van der Waals surface area contributed by atoms with E-state index in [4.69, 9.17) is 27.9 Å². The van der Waals surface area contributed by atoms with Crippen molar-refractivity contribution in [3.63, 3.8) is 0 Å². The standard InChI is InChI=1S/C17H13Cl2NO4S/c1-25(22,23)9-24-16-5-3-11(18)6-10(16)7-14-13-4-2-12(19)8-15(13)20-17(14)21/h2-8H,9H2,1H3,(H,20,21)/b14-7+. The Morgan fingerprint density at radius 1 is 1.12 bits per heavy atom. The predicted molar refractivity (Wildman–Crippen MR) is 99.7 cm³/mol. The van der Waals surface area contributed by atoms with Gasteiger partial charge in [0.1, 0.15) is 5.75 Å². The molecule has 0 atom stereocenters. The maximum absolute atomic E-state index is 12.3. The zero-order valence-corrected chi connectivity index (χ0v) is 15.4. The van der Waals surface area contributed by atoms with E-state index in [0.717, 1.165) is 6.26 Å². The summed E-state index contributed by atoms with van der Waals surface area (Å²) in [5.41, 5.74) is 2.23. The van der Waals surface area contributed by atoms with E-state index in [2.05, 4.69) is 5.32 Å².